The fourth-order valence-electron chi connectivity index (χ4n) is 5.15. The zero-order valence-electron chi connectivity index (χ0n) is 16.0. The molecule has 3 N–H and O–H groups in total. The molecule has 1 aliphatic heterocycles. The van der Waals surface area contributed by atoms with Crippen molar-refractivity contribution in [3.8, 4) is 0 Å². The van der Waals surface area contributed by atoms with Crippen LogP contribution in [-0.4, -0.2) is 67.0 Å². The smallest absolute Gasteiger partial charge is 0.224 e. The van der Waals surface area contributed by atoms with Crippen molar-refractivity contribution in [1.82, 2.24) is 24.8 Å². The molecule has 1 amide bonds. The van der Waals surface area contributed by atoms with E-state index in [4.69, 9.17) is 0 Å². The molecule has 0 unspecified atom stereocenters. The Bertz CT molecular complexity index is 882. The van der Waals surface area contributed by atoms with E-state index in [1.54, 1.807) is 4.52 Å². The van der Waals surface area contributed by atoms with Gasteiger partial charge in [0, 0.05) is 43.7 Å². The number of aromatic nitrogens is 3. The third-order valence-corrected chi connectivity index (χ3v) is 6.82. The molecule has 8 heteroatoms. The largest absolute Gasteiger partial charge is 0.390 e. The van der Waals surface area contributed by atoms with Gasteiger partial charge in [-0.05, 0) is 42.4 Å². The van der Waals surface area contributed by atoms with Crippen molar-refractivity contribution >= 4 is 11.6 Å². The Morgan fingerprint density at radius 3 is 2.82 bits per heavy atom. The van der Waals surface area contributed by atoms with Gasteiger partial charge in [0.05, 0.1) is 12.2 Å². The number of nitrogens with zero attached hydrogens (tertiary/aromatic N) is 4. The summed E-state index contributed by atoms with van der Waals surface area (Å²) in [6, 6.07) is 4.34. The maximum absolute atomic E-state index is 12.9. The van der Waals surface area contributed by atoms with E-state index in [0.717, 1.165) is 37.1 Å². The van der Waals surface area contributed by atoms with E-state index in [2.05, 4.69) is 20.3 Å². The second kappa shape index (κ2) is 6.79. The third-order valence-electron chi connectivity index (χ3n) is 6.82. The van der Waals surface area contributed by atoms with Crippen LogP contribution in [0.25, 0.3) is 5.65 Å². The van der Waals surface area contributed by atoms with Gasteiger partial charge in [-0.2, -0.15) is 5.10 Å². The molecule has 28 heavy (non-hydrogen) atoms. The van der Waals surface area contributed by atoms with Gasteiger partial charge in [0.2, 0.25) is 5.91 Å². The standard InChI is InChI=1S/C20H27N5O3/c1-11-17(20(28)23-13-2-3-13)14-8-24(9-15(14)19(27)18(11)26)7-12-4-5-25-16(6-12)21-10-22-25/h4-6,10-11,13-15,17-19,26-27H,2-3,7-9H2,1H3,(H,23,28)/t11-,14+,15+,17+,18+,19+/m1/s1. The van der Waals surface area contributed by atoms with Gasteiger partial charge in [0.1, 0.15) is 6.33 Å². The fourth-order valence-corrected chi connectivity index (χ4v) is 5.15. The van der Waals surface area contributed by atoms with Crippen molar-refractivity contribution in [2.75, 3.05) is 13.1 Å². The van der Waals surface area contributed by atoms with Crippen molar-refractivity contribution in [3.05, 3.63) is 30.2 Å². The summed E-state index contributed by atoms with van der Waals surface area (Å²) in [5.74, 6) is -0.486. The molecule has 5 rings (SSSR count). The average Bonchev–Trinajstić information content (AvgIpc) is 3.20. The molecule has 2 aromatic rings. The molecule has 8 nitrogen and oxygen atoms in total. The first-order chi connectivity index (χ1) is 13.5. The van der Waals surface area contributed by atoms with Gasteiger partial charge < -0.3 is 15.5 Å². The van der Waals surface area contributed by atoms with E-state index in [1.165, 1.54) is 6.33 Å². The first-order valence-electron chi connectivity index (χ1n) is 10.2. The van der Waals surface area contributed by atoms with Gasteiger partial charge in [0.15, 0.2) is 5.65 Å². The Hall–Kier alpha value is -2.03. The van der Waals surface area contributed by atoms with Crippen LogP contribution in [0.5, 0.6) is 0 Å². The number of hydrogen-bond donors (Lipinski definition) is 3. The molecule has 0 aromatic carbocycles. The van der Waals surface area contributed by atoms with E-state index in [-0.39, 0.29) is 29.6 Å². The highest BCUT2D eigenvalue weighted by atomic mass is 16.3. The van der Waals surface area contributed by atoms with Crippen LogP contribution in [0.1, 0.15) is 25.3 Å². The molecular formula is C20H27N5O3. The lowest BCUT2D eigenvalue weighted by atomic mass is 9.65. The number of hydrogen-bond acceptors (Lipinski definition) is 6. The third kappa shape index (κ3) is 3.09. The number of carbonyl (C=O) groups is 1. The molecule has 2 aliphatic carbocycles. The van der Waals surface area contributed by atoms with E-state index in [9.17, 15) is 15.0 Å². The number of rotatable bonds is 4. The second-order valence-electron chi connectivity index (χ2n) is 8.77. The summed E-state index contributed by atoms with van der Waals surface area (Å²) >= 11 is 0. The number of aliphatic hydroxyl groups is 2. The second-order valence-corrected chi connectivity index (χ2v) is 8.77. The summed E-state index contributed by atoms with van der Waals surface area (Å²) in [7, 11) is 0. The Balaban J connectivity index is 1.35. The predicted molar refractivity (Wildman–Crippen MR) is 101 cm³/mol. The monoisotopic (exact) mass is 385 g/mol. The van der Waals surface area contributed by atoms with Crippen LogP contribution in [0.4, 0.5) is 0 Å². The van der Waals surface area contributed by atoms with Gasteiger partial charge in [-0.3, -0.25) is 9.69 Å². The number of aliphatic hydroxyl groups excluding tert-OH is 2. The molecule has 0 spiro atoms. The molecular weight excluding hydrogens is 358 g/mol. The highest BCUT2D eigenvalue weighted by Crippen LogP contribution is 2.44. The number of pyridine rings is 1. The average molecular weight is 385 g/mol. The Kier molecular flexibility index (Phi) is 4.37. The van der Waals surface area contributed by atoms with Crippen LogP contribution in [0.3, 0.4) is 0 Å². The number of nitrogens with one attached hydrogen (secondary N) is 1. The molecule has 150 valence electrons. The SMILES string of the molecule is C[C@H]1[C@H](O)[C@@H](O)[C@H]2CN(Cc3ccn4ncnc4c3)C[C@@H]2[C@H]1C(=O)NC1CC1. The quantitative estimate of drug-likeness (QED) is 0.687. The highest BCUT2D eigenvalue weighted by molar-refractivity contribution is 5.80. The summed E-state index contributed by atoms with van der Waals surface area (Å²) in [5, 5.41) is 28.5. The minimum atomic E-state index is -0.858. The van der Waals surface area contributed by atoms with Crippen LogP contribution in [0.2, 0.25) is 0 Å². The summed E-state index contributed by atoms with van der Waals surface area (Å²) in [6.07, 6.45) is 3.88. The number of amides is 1. The maximum Gasteiger partial charge on any atom is 0.224 e. The molecule has 2 saturated carbocycles. The van der Waals surface area contributed by atoms with Crippen LogP contribution in [0.15, 0.2) is 24.7 Å². The van der Waals surface area contributed by atoms with E-state index >= 15 is 0 Å². The zero-order chi connectivity index (χ0) is 19.4. The minimum absolute atomic E-state index is 0.0441. The van der Waals surface area contributed by atoms with Crippen LogP contribution in [0, 0.1) is 23.7 Å². The van der Waals surface area contributed by atoms with Gasteiger partial charge >= 0.3 is 0 Å². The summed E-state index contributed by atoms with van der Waals surface area (Å²) in [5.41, 5.74) is 1.93. The molecule has 3 heterocycles. The lowest BCUT2D eigenvalue weighted by Gasteiger charge is -2.43. The topological polar surface area (TPSA) is 103 Å². The lowest BCUT2D eigenvalue weighted by molar-refractivity contribution is -0.145. The van der Waals surface area contributed by atoms with Gasteiger partial charge in [-0.15, -0.1) is 0 Å². The lowest BCUT2D eigenvalue weighted by Crippen LogP contribution is -2.55. The predicted octanol–water partition coefficient (Wildman–Crippen LogP) is 0.0436. The summed E-state index contributed by atoms with van der Waals surface area (Å²) < 4.78 is 1.73. The molecule has 3 fully saturated rings. The molecule has 0 bridgehead atoms. The number of likely N-dealkylation sites (tertiary alicyclic amines) is 1. The van der Waals surface area contributed by atoms with Crippen LogP contribution in [-0.2, 0) is 11.3 Å². The minimum Gasteiger partial charge on any atom is -0.390 e. The molecule has 1 saturated heterocycles. The zero-order valence-corrected chi connectivity index (χ0v) is 16.0. The highest BCUT2D eigenvalue weighted by Gasteiger charge is 2.54. The molecule has 0 radical (unpaired) electrons. The Labute approximate surface area is 163 Å². The van der Waals surface area contributed by atoms with Crippen molar-refractivity contribution in [1.29, 1.82) is 0 Å². The number of fused-ring (bicyclic) bond motifs is 2. The Morgan fingerprint density at radius 1 is 1.25 bits per heavy atom. The van der Waals surface area contributed by atoms with Crippen molar-refractivity contribution in [2.24, 2.45) is 23.7 Å². The number of carbonyl (C=O) groups excluding carboxylic acids is 1. The van der Waals surface area contributed by atoms with Crippen LogP contribution >= 0.6 is 0 Å². The maximum atomic E-state index is 12.9. The van der Waals surface area contributed by atoms with Gasteiger partial charge in [-0.1, -0.05) is 6.92 Å². The van der Waals surface area contributed by atoms with Crippen LogP contribution < -0.4 is 5.32 Å². The first kappa shape index (κ1) is 18.0. The molecule has 2 aromatic heterocycles. The Morgan fingerprint density at radius 2 is 2.04 bits per heavy atom. The van der Waals surface area contributed by atoms with E-state index in [0.29, 0.717) is 12.6 Å². The first-order valence-corrected chi connectivity index (χ1v) is 10.2. The molecule has 6 atom stereocenters. The van der Waals surface area contributed by atoms with E-state index in [1.807, 2.05) is 25.3 Å². The van der Waals surface area contributed by atoms with Gasteiger partial charge in [0.25, 0.3) is 0 Å². The molecule has 3 aliphatic rings. The van der Waals surface area contributed by atoms with Gasteiger partial charge in [-0.25, -0.2) is 9.50 Å². The van der Waals surface area contributed by atoms with Crippen molar-refractivity contribution in [3.63, 3.8) is 0 Å². The fraction of sp³-hybridized carbons (Fsp3) is 0.650. The van der Waals surface area contributed by atoms with Crippen molar-refractivity contribution in [2.45, 2.75) is 44.6 Å². The van der Waals surface area contributed by atoms with Crippen molar-refractivity contribution < 1.29 is 15.0 Å². The van der Waals surface area contributed by atoms with E-state index < -0.39 is 12.2 Å². The summed E-state index contributed by atoms with van der Waals surface area (Å²) in [6.45, 7) is 4.05. The normalized spacial score (nSPS) is 35.8. The summed E-state index contributed by atoms with van der Waals surface area (Å²) in [4.78, 5) is 19.4.